The quantitative estimate of drug-likeness (QED) is 0.540. The number of hydrogen-bond donors (Lipinski definition) is 2. The van der Waals surface area contributed by atoms with E-state index in [1.54, 1.807) is 0 Å². The molecule has 3 aliphatic rings. The van der Waals surface area contributed by atoms with Gasteiger partial charge in [-0.25, -0.2) is 0 Å². The summed E-state index contributed by atoms with van der Waals surface area (Å²) in [6, 6.07) is 0. The van der Waals surface area contributed by atoms with Crippen molar-refractivity contribution in [2.45, 2.75) is 90.9 Å². The normalized spacial score (nSPS) is 29.5. The molecule has 0 bridgehead atoms. The summed E-state index contributed by atoms with van der Waals surface area (Å²) in [6.07, 6.45) is 9.10. The summed E-state index contributed by atoms with van der Waals surface area (Å²) in [7, 11) is 0. The number of amides is 1. The number of carboxylic acids is 1. The highest BCUT2D eigenvalue weighted by molar-refractivity contribution is 5.89. The Balaban J connectivity index is 0.000000207. The standard InChI is InChI=1S/C11H19NO3.C11H16O3/c1-8-2-4-11(5-3-8,6-9(12)13)7-10(14)15;1-8-2-4-11(5-3-8)6-9(12)14-10(13)7-11/h8H,2-7H2,1H3,(H2,12,13)(H,14,15);8H,2-7H2,1H3. The SMILES string of the molecule is CC1CCC(CC(N)=O)(CC(=O)O)CC1.CC1CCC2(CC1)CC(=O)OC(=O)C2. The van der Waals surface area contributed by atoms with Crippen molar-refractivity contribution in [2.75, 3.05) is 0 Å². The number of carbonyl (C=O) groups is 4. The van der Waals surface area contributed by atoms with Crippen molar-refractivity contribution in [1.29, 1.82) is 0 Å². The highest BCUT2D eigenvalue weighted by Gasteiger charge is 2.43. The van der Waals surface area contributed by atoms with Crippen molar-refractivity contribution in [1.82, 2.24) is 0 Å². The molecular formula is C22H35NO6. The third-order valence-electron chi connectivity index (χ3n) is 7.01. The number of carboxylic acid groups (broad SMARTS) is 1. The molecule has 1 heterocycles. The van der Waals surface area contributed by atoms with Crippen LogP contribution in [0.5, 0.6) is 0 Å². The Morgan fingerprint density at radius 3 is 1.79 bits per heavy atom. The van der Waals surface area contributed by atoms with Crippen LogP contribution in [0.15, 0.2) is 0 Å². The lowest BCUT2D eigenvalue weighted by atomic mass is 9.66. The van der Waals surface area contributed by atoms with E-state index in [1.165, 1.54) is 0 Å². The molecule has 0 radical (unpaired) electrons. The van der Waals surface area contributed by atoms with Gasteiger partial charge in [-0.2, -0.15) is 0 Å². The van der Waals surface area contributed by atoms with E-state index in [9.17, 15) is 19.2 Å². The maximum atomic E-state index is 11.2. The smallest absolute Gasteiger partial charge is 0.314 e. The lowest BCUT2D eigenvalue weighted by molar-refractivity contribution is -0.170. The molecule has 0 atom stereocenters. The molecule has 3 rings (SSSR count). The fourth-order valence-electron chi connectivity index (χ4n) is 5.08. The van der Waals surface area contributed by atoms with Gasteiger partial charge in [-0.1, -0.05) is 39.5 Å². The van der Waals surface area contributed by atoms with Gasteiger partial charge in [0.1, 0.15) is 0 Å². The van der Waals surface area contributed by atoms with Crippen LogP contribution in [0.1, 0.15) is 90.9 Å². The number of primary amides is 1. The summed E-state index contributed by atoms with van der Waals surface area (Å²) in [6.45, 7) is 4.39. The first kappa shape index (κ1) is 23.4. The van der Waals surface area contributed by atoms with Crippen molar-refractivity contribution in [3.8, 4) is 0 Å². The minimum absolute atomic E-state index is 0.0427. The molecule has 3 fully saturated rings. The van der Waals surface area contributed by atoms with E-state index in [1.807, 2.05) is 0 Å². The van der Waals surface area contributed by atoms with Gasteiger partial charge in [0.15, 0.2) is 0 Å². The maximum Gasteiger partial charge on any atom is 0.314 e. The number of ether oxygens (including phenoxy) is 1. The topological polar surface area (TPSA) is 124 Å². The molecule has 7 heteroatoms. The fourth-order valence-corrected chi connectivity index (χ4v) is 5.08. The van der Waals surface area contributed by atoms with Gasteiger partial charge in [-0.3, -0.25) is 19.2 Å². The van der Waals surface area contributed by atoms with Crippen LogP contribution in [0.3, 0.4) is 0 Å². The van der Waals surface area contributed by atoms with Crippen LogP contribution in [-0.4, -0.2) is 28.9 Å². The summed E-state index contributed by atoms with van der Waals surface area (Å²) < 4.78 is 4.56. The van der Waals surface area contributed by atoms with Crippen molar-refractivity contribution in [3.05, 3.63) is 0 Å². The van der Waals surface area contributed by atoms with Crippen LogP contribution in [0, 0.1) is 22.7 Å². The number of rotatable bonds is 4. The zero-order valence-corrected chi connectivity index (χ0v) is 17.7. The summed E-state index contributed by atoms with van der Waals surface area (Å²) in [5.41, 5.74) is 4.77. The van der Waals surface area contributed by atoms with Crippen molar-refractivity contribution >= 4 is 23.8 Å². The van der Waals surface area contributed by atoms with Gasteiger partial charge in [0.05, 0.1) is 19.3 Å². The van der Waals surface area contributed by atoms with Crippen LogP contribution in [0.4, 0.5) is 0 Å². The van der Waals surface area contributed by atoms with Gasteiger partial charge >= 0.3 is 17.9 Å². The van der Waals surface area contributed by atoms with Crippen LogP contribution in [0.25, 0.3) is 0 Å². The number of carbonyl (C=O) groups excluding carboxylic acids is 3. The fraction of sp³-hybridized carbons (Fsp3) is 0.818. The molecule has 2 aliphatic carbocycles. The van der Waals surface area contributed by atoms with Crippen LogP contribution >= 0.6 is 0 Å². The third-order valence-corrected chi connectivity index (χ3v) is 7.01. The maximum absolute atomic E-state index is 11.2. The Morgan fingerprint density at radius 1 is 0.931 bits per heavy atom. The van der Waals surface area contributed by atoms with Gasteiger partial charge in [-0.15, -0.1) is 0 Å². The minimum Gasteiger partial charge on any atom is -0.481 e. The van der Waals surface area contributed by atoms with E-state index in [0.29, 0.717) is 18.8 Å². The number of hydrogen-bond acceptors (Lipinski definition) is 5. The molecule has 0 unspecified atom stereocenters. The van der Waals surface area contributed by atoms with E-state index < -0.39 is 5.97 Å². The number of cyclic esters (lactones) is 2. The zero-order chi connectivity index (χ0) is 21.7. The summed E-state index contributed by atoms with van der Waals surface area (Å²) in [4.78, 5) is 44.1. The largest absolute Gasteiger partial charge is 0.481 e. The summed E-state index contributed by atoms with van der Waals surface area (Å²) in [5.74, 6) is -0.475. The lowest BCUT2D eigenvalue weighted by Crippen LogP contribution is -2.38. The van der Waals surface area contributed by atoms with E-state index in [2.05, 4.69) is 18.6 Å². The van der Waals surface area contributed by atoms with Crippen LogP contribution < -0.4 is 5.73 Å². The van der Waals surface area contributed by atoms with E-state index >= 15 is 0 Å². The molecule has 3 N–H and O–H groups in total. The molecule has 1 aliphatic heterocycles. The van der Waals surface area contributed by atoms with Crippen molar-refractivity contribution < 1.29 is 29.0 Å². The Morgan fingerprint density at radius 2 is 1.38 bits per heavy atom. The van der Waals surface area contributed by atoms with Gasteiger partial charge < -0.3 is 15.6 Å². The first-order valence-electron chi connectivity index (χ1n) is 10.8. The van der Waals surface area contributed by atoms with Gasteiger partial charge in [0.25, 0.3) is 0 Å². The summed E-state index contributed by atoms with van der Waals surface area (Å²) >= 11 is 0. The van der Waals surface area contributed by atoms with Gasteiger partial charge in [0.2, 0.25) is 5.91 Å². The monoisotopic (exact) mass is 409 g/mol. The van der Waals surface area contributed by atoms with E-state index in [0.717, 1.165) is 57.3 Å². The lowest BCUT2D eigenvalue weighted by Gasteiger charge is -2.40. The second-order valence-electron chi connectivity index (χ2n) is 9.78. The number of aliphatic carboxylic acids is 1. The average molecular weight is 410 g/mol. The second kappa shape index (κ2) is 9.72. The first-order chi connectivity index (χ1) is 13.5. The highest BCUT2D eigenvalue weighted by Crippen LogP contribution is 2.46. The molecule has 2 saturated carbocycles. The zero-order valence-electron chi connectivity index (χ0n) is 17.7. The molecule has 0 aromatic rings. The molecule has 164 valence electrons. The number of esters is 2. The predicted molar refractivity (Wildman–Crippen MR) is 107 cm³/mol. The van der Waals surface area contributed by atoms with Crippen LogP contribution in [-0.2, 0) is 23.9 Å². The third kappa shape index (κ3) is 7.12. The van der Waals surface area contributed by atoms with Gasteiger partial charge in [0, 0.05) is 6.42 Å². The Kier molecular flexibility index (Phi) is 7.83. The molecule has 29 heavy (non-hydrogen) atoms. The molecule has 0 aromatic carbocycles. The Labute approximate surface area is 172 Å². The molecular weight excluding hydrogens is 374 g/mol. The van der Waals surface area contributed by atoms with E-state index in [4.69, 9.17) is 10.8 Å². The molecule has 1 amide bonds. The Hall–Kier alpha value is -1.92. The molecule has 7 nitrogen and oxygen atoms in total. The Bertz CT molecular complexity index is 591. The average Bonchev–Trinajstić information content (AvgIpc) is 2.59. The molecule has 1 spiro atoms. The van der Waals surface area contributed by atoms with E-state index in [-0.39, 0.29) is 41.5 Å². The minimum atomic E-state index is -0.828. The van der Waals surface area contributed by atoms with Crippen molar-refractivity contribution in [2.24, 2.45) is 28.4 Å². The molecule has 0 aromatic heterocycles. The van der Waals surface area contributed by atoms with Crippen molar-refractivity contribution in [3.63, 3.8) is 0 Å². The van der Waals surface area contributed by atoms with Crippen LogP contribution in [0.2, 0.25) is 0 Å². The predicted octanol–water partition coefficient (Wildman–Crippen LogP) is 3.58. The summed E-state index contributed by atoms with van der Waals surface area (Å²) in [5, 5.41) is 8.86. The highest BCUT2D eigenvalue weighted by atomic mass is 16.6. The molecule has 1 saturated heterocycles. The number of nitrogens with two attached hydrogens (primary N) is 1. The second-order valence-corrected chi connectivity index (χ2v) is 9.78. The van der Waals surface area contributed by atoms with Gasteiger partial charge in [-0.05, 0) is 48.3 Å². The first-order valence-corrected chi connectivity index (χ1v) is 10.8.